The van der Waals surface area contributed by atoms with Crippen LogP contribution in [0.2, 0.25) is 0 Å². The molecule has 8 heteroatoms. The Bertz CT molecular complexity index is 750. The lowest BCUT2D eigenvalue weighted by Crippen LogP contribution is -2.42. The van der Waals surface area contributed by atoms with Crippen LogP contribution < -0.4 is 10.1 Å². The Hall–Kier alpha value is -1.80. The number of benzene rings is 1. The van der Waals surface area contributed by atoms with Gasteiger partial charge in [0.2, 0.25) is 5.91 Å². The maximum Gasteiger partial charge on any atom is 0.573 e. The summed E-state index contributed by atoms with van der Waals surface area (Å²) in [6.45, 7) is 6.79. The van der Waals surface area contributed by atoms with Gasteiger partial charge < -0.3 is 19.7 Å². The maximum absolute atomic E-state index is 13.0. The molecule has 0 aromatic heterocycles. The molecule has 4 rings (SSSR count). The third-order valence-electron chi connectivity index (χ3n) is 6.21. The van der Waals surface area contributed by atoms with Crippen molar-refractivity contribution in [3.8, 4) is 5.75 Å². The van der Waals surface area contributed by atoms with E-state index in [9.17, 15) is 18.0 Å². The number of carbonyl (C=O) groups is 1. The number of alkyl halides is 3. The van der Waals surface area contributed by atoms with Gasteiger partial charge in [0, 0.05) is 44.3 Å². The monoisotopic (exact) mass is 456 g/mol. The van der Waals surface area contributed by atoms with Crippen molar-refractivity contribution in [1.29, 1.82) is 0 Å². The fourth-order valence-corrected chi connectivity index (χ4v) is 4.73. The van der Waals surface area contributed by atoms with Crippen molar-refractivity contribution >= 4 is 5.91 Å². The molecule has 32 heavy (non-hydrogen) atoms. The molecular formula is C24H35F3N2O3. The summed E-state index contributed by atoms with van der Waals surface area (Å²) in [6, 6.07) is 5.24. The first kappa shape index (κ1) is 24.8. The molecule has 1 aromatic rings. The highest BCUT2D eigenvalue weighted by Crippen LogP contribution is 2.32. The number of hydrogen-bond acceptors (Lipinski definition) is 4. The van der Waals surface area contributed by atoms with Crippen molar-refractivity contribution in [3.63, 3.8) is 0 Å². The molecule has 2 heterocycles. The zero-order valence-electron chi connectivity index (χ0n) is 19.0. The van der Waals surface area contributed by atoms with Gasteiger partial charge in [0.25, 0.3) is 0 Å². The number of ether oxygens (including phenoxy) is 2. The van der Waals surface area contributed by atoms with Gasteiger partial charge in [-0.3, -0.25) is 4.79 Å². The van der Waals surface area contributed by atoms with E-state index in [0.29, 0.717) is 31.6 Å². The zero-order valence-corrected chi connectivity index (χ0v) is 19.0. The second-order valence-electron chi connectivity index (χ2n) is 8.96. The molecule has 1 saturated carbocycles. The first-order valence-electron chi connectivity index (χ1n) is 11.8. The Labute approximate surface area is 188 Å². The Morgan fingerprint density at radius 3 is 2.53 bits per heavy atom. The lowest BCUT2D eigenvalue weighted by molar-refractivity contribution is -0.274. The molecule has 180 valence electrons. The Balaban J connectivity index is 0.000000913. The highest BCUT2D eigenvalue weighted by Gasteiger charge is 2.35. The summed E-state index contributed by atoms with van der Waals surface area (Å²) in [4.78, 5) is 14.8. The van der Waals surface area contributed by atoms with E-state index < -0.39 is 6.36 Å². The molecule has 1 N–H and O–H groups in total. The van der Waals surface area contributed by atoms with Crippen molar-refractivity contribution in [2.24, 2.45) is 5.92 Å². The van der Waals surface area contributed by atoms with Gasteiger partial charge in [0.05, 0.1) is 0 Å². The average Bonchev–Trinajstić information content (AvgIpc) is 3.21. The van der Waals surface area contributed by atoms with Crippen LogP contribution in [0.15, 0.2) is 18.2 Å². The zero-order chi connectivity index (χ0) is 23.1. The van der Waals surface area contributed by atoms with Gasteiger partial charge in [0.1, 0.15) is 5.75 Å². The predicted octanol–water partition coefficient (Wildman–Crippen LogP) is 4.82. The fraction of sp³-hybridized carbons (Fsp3) is 0.708. The van der Waals surface area contributed by atoms with Crippen LogP contribution in [0.1, 0.15) is 63.5 Å². The molecule has 1 amide bonds. The van der Waals surface area contributed by atoms with E-state index in [-0.39, 0.29) is 17.6 Å². The van der Waals surface area contributed by atoms with Gasteiger partial charge in [-0.1, -0.05) is 26.3 Å². The first-order chi connectivity index (χ1) is 15.3. The Kier molecular flexibility index (Phi) is 8.82. The third-order valence-corrected chi connectivity index (χ3v) is 6.21. The minimum Gasteiger partial charge on any atom is -0.406 e. The van der Waals surface area contributed by atoms with E-state index in [0.717, 1.165) is 56.4 Å². The Morgan fingerprint density at radius 2 is 1.84 bits per heavy atom. The number of rotatable bonds is 4. The molecule has 2 atom stereocenters. The highest BCUT2D eigenvalue weighted by molar-refractivity contribution is 5.79. The summed E-state index contributed by atoms with van der Waals surface area (Å²) >= 11 is 0. The average molecular weight is 457 g/mol. The fourth-order valence-electron chi connectivity index (χ4n) is 4.73. The normalized spacial score (nSPS) is 23.8. The van der Waals surface area contributed by atoms with Crippen LogP contribution in [0.4, 0.5) is 13.2 Å². The van der Waals surface area contributed by atoms with Crippen molar-refractivity contribution in [3.05, 3.63) is 29.3 Å². The van der Waals surface area contributed by atoms with Crippen LogP contribution in [0.3, 0.4) is 0 Å². The molecule has 0 radical (unpaired) electrons. The molecule has 5 nitrogen and oxygen atoms in total. The summed E-state index contributed by atoms with van der Waals surface area (Å²) in [5.74, 6) is -0.121. The molecule has 0 bridgehead atoms. The first-order valence-corrected chi connectivity index (χ1v) is 11.8. The van der Waals surface area contributed by atoms with Crippen molar-refractivity contribution < 1.29 is 27.4 Å². The van der Waals surface area contributed by atoms with E-state index in [1.807, 2.05) is 0 Å². The van der Waals surface area contributed by atoms with Gasteiger partial charge in [-0.2, -0.15) is 0 Å². The molecule has 1 aliphatic carbocycles. The number of nitrogens with zero attached hydrogens (tertiary/aromatic N) is 1. The van der Waals surface area contributed by atoms with E-state index in [4.69, 9.17) is 4.74 Å². The van der Waals surface area contributed by atoms with Gasteiger partial charge in [0.15, 0.2) is 0 Å². The summed E-state index contributed by atoms with van der Waals surface area (Å²) in [6.07, 6.45) is 1.90. The number of hydrogen-bond donors (Lipinski definition) is 1. The highest BCUT2D eigenvalue weighted by atomic mass is 19.4. The molecule has 1 unspecified atom stereocenters. The quantitative estimate of drug-likeness (QED) is 0.706. The number of carbonyl (C=O) groups excluding carboxylic acids is 1. The summed E-state index contributed by atoms with van der Waals surface area (Å²) in [5.41, 5.74) is 1.72. The van der Waals surface area contributed by atoms with E-state index in [2.05, 4.69) is 23.9 Å². The SMILES string of the molecule is CCC.O=C([C@H]1CCC(NC2CCOCC2)C1)N1CCc2ccc(OC(F)(F)F)cc2C1. The van der Waals surface area contributed by atoms with Crippen LogP contribution in [0.5, 0.6) is 5.75 Å². The lowest BCUT2D eigenvalue weighted by Gasteiger charge is -2.31. The minimum absolute atomic E-state index is 0.0106. The lowest BCUT2D eigenvalue weighted by atomic mass is 9.97. The largest absolute Gasteiger partial charge is 0.573 e. The smallest absolute Gasteiger partial charge is 0.406 e. The third kappa shape index (κ3) is 7.10. The van der Waals surface area contributed by atoms with Crippen molar-refractivity contribution in [1.82, 2.24) is 10.2 Å². The van der Waals surface area contributed by atoms with Gasteiger partial charge in [-0.15, -0.1) is 13.2 Å². The number of fused-ring (bicyclic) bond motifs is 1. The number of amides is 1. The summed E-state index contributed by atoms with van der Waals surface area (Å²) < 4.78 is 46.9. The molecule has 3 aliphatic rings. The number of halogens is 3. The van der Waals surface area contributed by atoms with E-state index in [1.54, 1.807) is 11.0 Å². The topological polar surface area (TPSA) is 50.8 Å². The van der Waals surface area contributed by atoms with Crippen LogP contribution >= 0.6 is 0 Å². The summed E-state index contributed by atoms with van der Waals surface area (Å²) in [7, 11) is 0. The molecular weight excluding hydrogens is 421 g/mol. The number of nitrogens with one attached hydrogen (secondary N) is 1. The molecule has 1 saturated heterocycles. The second kappa shape index (κ2) is 11.4. The van der Waals surface area contributed by atoms with Gasteiger partial charge in [-0.25, -0.2) is 0 Å². The minimum atomic E-state index is -4.71. The predicted molar refractivity (Wildman–Crippen MR) is 116 cm³/mol. The maximum atomic E-state index is 13.0. The standard InChI is InChI=1S/C21H27F3N2O3.C3H8/c22-21(23,24)29-19-4-2-14-5-8-26(13-16(14)12-19)20(27)15-1-3-18(11-15)25-17-6-9-28-10-7-17;1-3-2/h2,4,12,15,17-18,25H,1,3,5-11,13H2;3H2,1-2H3/t15-,18?;/m0./s1. The van der Waals surface area contributed by atoms with E-state index in [1.165, 1.54) is 18.6 Å². The van der Waals surface area contributed by atoms with Crippen molar-refractivity contribution in [2.45, 2.75) is 83.8 Å². The van der Waals surface area contributed by atoms with Crippen LogP contribution in [-0.4, -0.2) is 49.0 Å². The van der Waals surface area contributed by atoms with Gasteiger partial charge in [-0.05, 0) is 61.8 Å². The Morgan fingerprint density at radius 1 is 1.12 bits per heavy atom. The van der Waals surface area contributed by atoms with Crippen molar-refractivity contribution in [2.75, 3.05) is 19.8 Å². The molecule has 2 fully saturated rings. The second-order valence-corrected chi connectivity index (χ2v) is 8.96. The molecule has 1 aromatic carbocycles. The molecule has 2 aliphatic heterocycles. The van der Waals surface area contributed by atoms with Crippen LogP contribution in [-0.2, 0) is 22.5 Å². The van der Waals surface area contributed by atoms with Gasteiger partial charge >= 0.3 is 6.36 Å². The van der Waals surface area contributed by atoms with Crippen LogP contribution in [0.25, 0.3) is 0 Å². The summed E-state index contributed by atoms with van der Waals surface area (Å²) in [5, 5.41) is 3.68. The van der Waals surface area contributed by atoms with Crippen LogP contribution in [0, 0.1) is 5.92 Å². The van der Waals surface area contributed by atoms with E-state index >= 15 is 0 Å². The molecule has 0 spiro atoms.